The average molecular weight is 209 g/mol. The van der Waals surface area contributed by atoms with E-state index in [0.717, 1.165) is 0 Å². The molecule has 0 amide bonds. The molecule has 0 radical (unpaired) electrons. The lowest BCUT2D eigenvalue weighted by atomic mass is 10.0. The minimum atomic E-state index is -0.595. The van der Waals surface area contributed by atoms with Crippen molar-refractivity contribution < 1.29 is 14.5 Å². The van der Waals surface area contributed by atoms with E-state index < -0.39 is 4.92 Å². The van der Waals surface area contributed by atoms with Gasteiger partial charge in [-0.15, -0.1) is 0 Å². The molecular formula is C10H11NO4. The highest BCUT2D eigenvalue weighted by Crippen LogP contribution is 2.33. The molecule has 0 bridgehead atoms. The van der Waals surface area contributed by atoms with Crippen LogP contribution < -0.4 is 4.74 Å². The quantitative estimate of drug-likeness (QED) is 0.434. The molecule has 0 aromatic heterocycles. The van der Waals surface area contributed by atoms with Crippen LogP contribution in [-0.4, -0.2) is 17.8 Å². The third-order valence-electron chi connectivity index (χ3n) is 2.10. The number of ketones is 1. The van der Waals surface area contributed by atoms with Crippen molar-refractivity contribution in [1.82, 2.24) is 0 Å². The van der Waals surface area contributed by atoms with Crippen LogP contribution in [0.25, 0.3) is 0 Å². The Kier molecular flexibility index (Phi) is 3.04. The minimum absolute atomic E-state index is 0.107. The fraction of sp³-hybridized carbons (Fsp3) is 0.300. The van der Waals surface area contributed by atoms with Crippen LogP contribution in [0.15, 0.2) is 12.1 Å². The monoisotopic (exact) mass is 209 g/mol. The van der Waals surface area contributed by atoms with Gasteiger partial charge in [-0.3, -0.25) is 14.9 Å². The van der Waals surface area contributed by atoms with Crippen molar-refractivity contribution in [2.24, 2.45) is 0 Å². The maximum absolute atomic E-state index is 11.3. The number of carbonyl (C=O) groups excluding carboxylic acids is 1. The topological polar surface area (TPSA) is 69.4 Å². The van der Waals surface area contributed by atoms with Crippen LogP contribution in [0.2, 0.25) is 0 Å². The molecule has 5 heteroatoms. The number of hydrogen-bond acceptors (Lipinski definition) is 4. The average Bonchev–Trinajstić information content (AvgIpc) is 2.16. The first kappa shape index (κ1) is 11.2. The summed E-state index contributed by atoms with van der Waals surface area (Å²) in [6.45, 7) is 2.96. The first-order valence-electron chi connectivity index (χ1n) is 4.32. The van der Waals surface area contributed by atoms with Crippen molar-refractivity contribution >= 4 is 11.5 Å². The fourth-order valence-electron chi connectivity index (χ4n) is 1.46. The van der Waals surface area contributed by atoms with E-state index in [1.54, 1.807) is 13.0 Å². The van der Waals surface area contributed by atoms with Gasteiger partial charge >= 0.3 is 5.69 Å². The van der Waals surface area contributed by atoms with Gasteiger partial charge in [0.2, 0.25) is 0 Å². The molecule has 0 spiro atoms. The van der Waals surface area contributed by atoms with Gasteiger partial charge in [0.15, 0.2) is 11.5 Å². The lowest BCUT2D eigenvalue weighted by Crippen LogP contribution is -2.04. The second kappa shape index (κ2) is 4.08. The van der Waals surface area contributed by atoms with E-state index in [2.05, 4.69) is 0 Å². The van der Waals surface area contributed by atoms with Crippen molar-refractivity contribution in [1.29, 1.82) is 0 Å². The summed E-state index contributed by atoms with van der Waals surface area (Å²) in [6.07, 6.45) is 0. The number of rotatable bonds is 3. The normalized spacial score (nSPS) is 9.80. The van der Waals surface area contributed by atoms with Crippen LogP contribution in [0.4, 0.5) is 5.69 Å². The fourth-order valence-corrected chi connectivity index (χ4v) is 1.46. The summed E-state index contributed by atoms with van der Waals surface area (Å²) < 4.78 is 4.86. The van der Waals surface area contributed by atoms with Crippen LogP contribution in [0.5, 0.6) is 5.75 Å². The molecule has 0 saturated heterocycles. The van der Waals surface area contributed by atoms with Gasteiger partial charge in [-0.05, 0) is 25.5 Å². The Balaban J connectivity index is 3.58. The molecule has 1 rings (SSSR count). The number of benzene rings is 1. The molecule has 0 aliphatic carbocycles. The van der Waals surface area contributed by atoms with E-state index in [1.807, 2.05) is 0 Å². The molecule has 0 atom stereocenters. The summed E-state index contributed by atoms with van der Waals surface area (Å²) in [4.78, 5) is 21.5. The standard InChI is InChI=1S/C10H11NO4/c1-6-4-5-8(15-3)10(11(13)14)9(6)7(2)12/h4-5H,1-3H3. The molecule has 0 aliphatic heterocycles. The van der Waals surface area contributed by atoms with Gasteiger partial charge in [0.25, 0.3) is 0 Å². The molecule has 0 saturated carbocycles. The summed E-state index contributed by atoms with van der Waals surface area (Å²) in [7, 11) is 1.33. The summed E-state index contributed by atoms with van der Waals surface area (Å²) in [5, 5.41) is 10.8. The molecule has 80 valence electrons. The molecule has 0 aliphatic rings. The van der Waals surface area contributed by atoms with Crippen LogP contribution in [0, 0.1) is 17.0 Å². The number of ether oxygens (including phenoxy) is 1. The second-order valence-electron chi connectivity index (χ2n) is 3.12. The van der Waals surface area contributed by atoms with E-state index in [0.29, 0.717) is 5.56 Å². The predicted octanol–water partition coefficient (Wildman–Crippen LogP) is 2.11. The zero-order valence-corrected chi connectivity index (χ0v) is 8.73. The van der Waals surface area contributed by atoms with Gasteiger partial charge in [-0.25, -0.2) is 0 Å². The molecule has 0 heterocycles. The number of hydrogen-bond donors (Lipinski definition) is 0. The Morgan fingerprint density at radius 2 is 2.07 bits per heavy atom. The maximum atomic E-state index is 11.3. The number of aryl methyl sites for hydroxylation is 1. The van der Waals surface area contributed by atoms with Crippen molar-refractivity contribution in [3.8, 4) is 5.75 Å². The van der Waals surface area contributed by atoms with Crippen LogP contribution in [-0.2, 0) is 0 Å². The Hall–Kier alpha value is -1.91. The zero-order chi connectivity index (χ0) is 11.6. The minimum Gasteiger partial charge on any atom is -0.490 e. The number of nitro groups is 1. The molecule has 1 aromatic rings. The number of nitro benzene ring substituents is 1. The van der Waals surface area contributed by atoms with E-state index in [1.165, 1.54) is 20.1 Å². The highest BCUT2D eigenvalue weighted by atomic mass is 16.6. The number of carbonyl (C=O) groups is 1. The molecule has 5 nitrogen and oxygen atoms in total. The highest BCUT2D eigenvalue weighted by Gasteiger charge is 2.25. The van der Waals surface area contributed by atoms with Gasteiger partial charge in [-0.1, -0.05) is 6.07 Å². The molecule has 1 aromatic carbocycles. The van der Waals surface area contributed by atoms with Crippen molar-refractivity contribution in [3.05, 3.63) is 33.4 Å². The number of nitrogens with zero attached hydrogens (tertiary/aromatic N) is 1. The number of Topliss-reactive ketones (excluding diaryl/α,β-unsaturated/α-hetero) is 1. The van der Waals surface area contributed by atoms with Gasteiger partial charge in [0.1, 0.15) is 5.56 Å². The molecule has 0 fully saturated rings. The lowest BCUT2D eigenvalue weighted by molar-refractivity contribution is -0.386. The highest BCUT2D eigenvalue weighted by molar-refractivity contribution is 6.00. The van der Waals surface area contributed by atoms with E-state index in [9.17, 15) is 14.9 Å². The third-order valence-corrected chi connectivity index (χ3v) is 2.10. The Labute approximate surface area is 86.8 Å². The number of methoxy groups -OCH3 is 1. The van der Waals surface area contributed by atoms with E-state index >= 15 is 0 Å². The van der Waals surface area contributed by atoms with Crippen molar-refractivity contribution in [2.45, 2.75) is 13.8 Å². The Morgan fingerprint density at radius 3 is 2.47 bits per heavy atom. The third kappa shape index (κ3) is 1.96. The molecular weight excluding hydrogens is 198 g/mol. The summed E-state index contributed by atoms with van der Waals surface area (Å²) in [5.41, 5.74) is 0.430. The first-order valence-corrected chi connectivity index (χ1v) is 4.32. The summed E-state index contributed by atoms with van der Waals surface area (Å²) >= 11 is 0. The van der Waals surface area contributed by atoms with Crippen molar-refractivity contribution in [2.75, 3.05) is 7.11 Å². The molecule has 0 unspecified atom stereocenters. The van der Waals surface area contributed by atoms with E-state index in [-0.39, 0.29) is 22.8 Å². The van der Waals surface area contributed by atoms with Crippen molar-refractivity contribution in [3.63, 3.8) is 0 Å². The maximum Gasteiger partial charge on any atom is 0.321 e. The lowest BCUT2D eigenvalue weighted by Gasteiger charge is -2.07. The molecule has 0 N–H and O–H groups in total. The molecule has 15 heavy (non-hydrogen) atoms. The van der Waals surface area contributed by atoms with Crippen LogP contribution in [0.1, 0.15) is 22.8 Å². The largest absolute Gasteiger partial charge is 0.490 e. The van der Waals surface area contributed by atoms with E-state index in [4.69, 9.17) is 4.74 Å². The second-order valence-corrected chi connectivity index (χ2v) is 3.12. The van der Waals surface area contributed by atoms with Gasteiger partial charge < -0.3 is 4.74 Å². The van der Waals surface area contributed by atoms with Gasteiger partial charge in [-0.2, -0.15) is 0 Å². The van der Waals surface area contributed by atoms with Crippen LogP contribution >= 0.6 is 0 Å². The smallest absolute Gasteiger partial charge is 0.321 e. The Morgan fingerprint density at radius 1 is 1.47 bits per heavy atom. The van der Waals surface area contributed by atoms with Gasteiger partial charge in [0, 0.05) is 0 Å². The SMILES string of the molecule is COc1ccc(C)c(C(C)=O)c1[N+](=O)[O-]. The predicted molar refractivity (Wildman–Crippen MR) is 54.4 cm³/mol. The Bertz CT molecular complexity index is 426. The zero-order valence-electron chi connectivity index (χ0n) is 8.73. The van der Waals surface area contributed by atoms with Gasteiger partial charge in [0.05, 0.1) is 12.0 Å². The van der Waals surface area contributed by atoms with Crippen LogP contribution in [0.3, 0.4) is 0 Å². The summed E-state index contributed by atoms with van der Waals surface area (Å²) in [5.74, 6) is -0.228. The summed E-state index contributed by atoms with van der Waals surface area (Å²) in [6, 6.07) is 3.11. The first-order chi connectivity index (χ1) is 6.99.